The summed E-state index contributed by atoms with van der Waals surface area (Å²) in [4.78, 5) is 11.0. The molecule has 0 radical (unpaired) electrons. The molecule has 0 heterocycles. The number of hydrogen-bond acceptors (Lipinski definition) is 1. The van der Waals surface area contributed by atoms with Crippen molar-refractivity contribution in [2.24, 2.45) is 0 Å². The van der Waals surface area contributed by atoms with Crippen LogP contribution in [0.1, 0.15) is 60.8 Å². The summed E-state index contributed by atoms with van der Waals surface area (Å²) in [5.41, 5.74) is 1.60. The Bertz CT molecular complexity index is 132. The maximum Gasteiger partial charge on any atom is 0.196 e. The van der Waals surface area contributed by atoms with Crippen LogP contribution in [0.2, 0.25) is 16.6 Å². The lowest BCUT2D eigenvalue weighted by Crippen LogP contribution is -2.46. The topological polar surface area (TPSA) is 20.2 Å². The maximum atomic E-state index is 11.0. The van der Waals surface area contributed by atoms with Gasteiger partial charge in [-0.3, -0.25) is 0 Å². The summed E-state index contributed by atoms with van der Waals surface area (Å²) in [6.45, 7) is 13.3. The molecule has 0 amide bonds. The van der Waals surface area contributed by atoms with E-state index in [4.69, 9.17) is 0 Å². The minimum absolute atomic E-state index is 0.535. The molecule has 0 aromatic carbocycles. The van der Waals surface area contributed by atoms with Crippen molar-refractivity contribution in [2.75, 3.05) is 0 Å². The highest BCUT2D eigenvalue weighted by Gasteiger charge is 2.44. The van der Waals surface area contributed by atoms with Crippen molar-refractivity contribution in [3.8, 4) is 0 Å². The molecule has 0 saturated carbocycles. The molecule has 0 bridgehead atoms. The molecule has 0 aliphatic rings. The summed E-state index contributed by atoms with van der Waals surface area (Å²) in [5, 5.41) is 0. The van der Waals surface area contributed by atoms with E-state index in [2.05, 4.69) is 41.5 Å². The summed E-state index contributed by atoms with van der Waals surface area (Å²) in [5.74, 6) is 0. The Labute approximate surface area is 91.1 Å². The van der Waals surface area contributed by atoms with E-state index in [0.717, 1.165) is 19.3 Å². The molecular weight excluding hydrogens is 188 g/mol. The van der Waals surface area contributed by atoms with E-state index in [-0.39, 0.29) is 0 Å². The fourth-order valence-electron chi connectivity index (χ4n) is 2.44. The van der Waals surface area contributed by atoms with Gasteiger partial charge in [0.05, 0.1) is 0 Å². The monoisotopic (exact) mass is 216 g/mol. The van der Waals surface area contributed by atoms with Gasteiger partial charge in [0, 0.05) is 0 Å². The van der Waals surface area contributed by atoms with Crippen molar-refractivity contribution < 1.29 is 4.80 Å². The Hall–Kier alpha value is 0.177. The third kappa shape index (κ3) is 2.60. The lowest BCUT2D eigenvalue weighted by molar-refractivity contribution is 0.446. The minimum Gasteiger partial charge on any atom is -0.431 e. The van der Waals surface area contributed by atoms with Crippen LogP contribution in [0.15, 0.2) is 0 Å². The molecule has 0 aromatic rings. The molecule has 0 saturated heterocycles. The van der Waals surface area contributed by atoms with Crippen LogP contribution in [0, 0.1) is 0 Å². The van der Waals surface area contributed by atoms with E-state index in [1.807, 2.05) is 0 Å². The van der Waals surface area contributed by atoms with Crippen molar-refractivity contribution in [3.63, 3.8) is 0 Å². The molecule has 0 aliphatic carbocycles. The van der Waals surface area contributed by atoms with E-state index < -0.39 is 8.32 Å². The Kier molecular flexibility index (Phi) is 5.99. The number of hydrogen-bond donors (Lipinski definition) is 1. The smallest absolute Gasteiger partial charge is 0.196 e. The van der Waals surface area contributed by atoms with Crippen LogP contribution in [0.4, 0.5) is 0 Å². The van der Waals surface area contributed by atoms with Gasteiger partial charge in [-0.15, -0.1) is 0 Å². The highest BCUT2D eigenvalue weighted by atomic mass is 28.4. The summed E-state index contributed by atoms with van der Waals surface area (Å²) in [7, 11) is -2.06. The first kappa shape index (κ1) is 14.2. The maximum absolute atomic E-state index is 11.0. The van der Waals surface area contributed by atoms with Crippen LogP contribution >= 0.6 is 0 Å². The van der Waals surface area contributed by atoms with E-state index in [9.17, 15) is 4.80 Å². The van der Waals surface area contributed by atoms with Gasteiger partial charge in [-0.1, -0.05) is 60.8 Å². The summed E-state index contributed by atoms with van der Waals surface area (Å²) in [6.07, 6.45) is 3.37. The third-order valence-corrected chi connectivity index (χ3v) is 10.2. The van der Waals surface area contributed by atoms with Gasteiger partial charge in [-0.05, 0) is 16.6 Å². The second-order valence-electron chi connectivity index (χ2n) is 4.82. The average Bonchev–Trinajstić information content (AvgIpc) is 2.24. The SMILES string of the molecule is CCC(C)[Si](O)(C(C)CC)C(C)CC. The minimum atomic E-state index is -2.06. The van der Waals surface area contributed by atoms with Gasteiger partial charge in [0.25, 0.3) is 0 Å². The van der Waals surface area contributed by atoms with Gasteiger partial charge in [-0.2, -0.15) is 0 Å². The van der Waals surface area contributed by atoms with Crippen molar-refractivity contribution in [3.05, 3.63) is 0 Å². The molecule has 0 fully saturated rings. The zero-order valence-corrected chi connectivity index (χ0v) is 11.8. The standard InChI is InChI=1S/C12H28OSi/c1-7-10(4)14(13,11(5)8-2)12(6)9-3/h10-13H,7-9H2,1-6H3. The molecule has 1 N–H and O–H groups in total. The Morgan fingerprint density at radius 1 is 0.786 bits per heavy atom. The van der Waals surface area contributed by atoms with Crippen molar-refractivity contribution in [1.29, 1.82) is 0 Å². The van der Waals surface area contributed by atoms with Crippen molar-refractivity contribution >= 4 is 8.32 Å². The van der Waals surface area contributed by atoms with E-state index >= 15 is 0 Å². The van der Waals surface area contributed by atoms with Crippen LogP contribution in [0.3, 0.4) is 0 Å². The lowest BCUT2D eigenvalue weighted by atomic mass is 10.3. The summed E-state index contributed by atoms with van der Waals surface area (Å²) in [6, 6.07) is 0. The average molecular weight is 216 g/mol. The molecule has 3 unspecified atom stereocenters. The molecule has 1 nitrogen and oxygen atoms in total. The van der Waals surface area contributed by atoms with Gasteiger partial charge in [0.15, 0.2) is 8.32 Å². The van der Waals surface area contributed by atoms with Gasteiger partial charge in [0.1, 0.15) is 0 Å². The molecular formula is C12H28OSi. The quantitative estimate of drug-likeness (QED) is 0.655. The van der Waals surface area contributed by atoms with Crippen molar-refractivity contribution in [1.82, 2.24) is 0 Å². The first-order valence-corrected chi connectivity index (χ1v) is 8.35. The predicted octanol–water partition coefficient (Wildman–Crippen LogP) is 4.32. The van der Waals surface area contributed by atoms with Gasteiger partial charge in [0.2, 0.25) is 0 Å². The van der Waals surface area contributed by atoms with E-state index in [0.29, 0.717) is 16.6 Å². The fraction of sp³-hybridized carbons (Fsp3) is 1.00. The first-order chi connectivity index (χ1) is 6.44. The Balaban J connectivity index is 4.83. The summed E-state index contributed by atoms with van der Waals surface area (Å²) >= 11 is 0. The molecule has 86 valence electrons. The predicted molar refractivity (Wildman–Crippen MR) is 67.1 cm³/mol. The molecule has 14 heavy (non-hydrogen) atoms. The normalized spacial score (nSPS) is 22.5. The Morgan fingerprint density at radius 2 is 1.00 bits per heavy atom. The lowest BCUT2D eigenvalue weighted by Gasteiger charge is -2.40. The second kappa shape index (κ2) is 5.91. The Morgan fingerprint density at radius 3 is 1.14 bits per heavy atom. The largest absolute Gasteiger partial charge is 0.431 e. The number of rotatable bonds is 6. The van der Waals surface area contributed by atoms with Gasteiger partial charge in [-0.25, -0.2) is 0 Å². The highest BCUT2D eigenvalue weighted by molar-refractivity contribution is 6.76. The summed E-state index contributed by atoms with van der Waals surface area (Å²) < 4.78 is 0. The zero-order valence-electron chi connectivity index (χ0n) is 10.8. The van der Waals surface area contributed by atoms with E-state index in [1.54, 1.807) is 0 Å². The molecule has 0 rings (SSSR count). The molecule has 2 heteroatoms. The van der Waals surface area contributed by atoms with Crippen LogP contribution in [0.25, 0.3) is 0 Å². The molecule has 0 aliphatic heterocycles. The third-order valence-electron chi connectivity index (χ3n) is 4.21. The van der Waals surface area contributed by atoms with Crippen LogP contribution in [-0.2, 0) is 0 Å². The first-order valence-electron chi connectivity index (χ1n) is 6.17. The van der Waals surface area contributed by atoms with Gasteiger partial charge < -0.3 is 4.80 Å². The molecule has 0 aromatic heterocycles. The molecule has 0 spiro atoms. The van der Waals surface area contributed by atoms with Crippen molar-refractivity contribution in [2.45, 2.75) is 77.4 Å². The van der Waals surface area contributed by atoms with Crippen LogP contribution < -0.4 is 0 Å². The molecule has 3 atom stereocenters. The fourth-order valence-corrected chi connectivity index (χ4v) is 7.31. The zero-order chi connectivity index (χ0) is 11.4. The highest BCUT2D eigenvalue weighted by Crippen LogP contribution is 2.43. The van der Waals surface area contributed by atoms with Crippen LogP contribution in [-0.4, -0.2) is 13.1 Å². The van der Waals surface area contributed by atoms with E-state index in [1.165, 1.54) is 0 Å². The van der Waals surface area contributed by atoms with Gasteiger partial charge >= 0.3 is 0 Å². The van der Waals surface area contributed by atoms with Crippen LogP contribution in [0.5, 0.6) is 0 Å². The second-order valence-corrected chi connectivity index (χ2v) is 9.55.